The van der Waals surface area contributed by atoms with Gasteiger partial charge in [-0.3, -0.25) is 9.59 Å². The third kappa shape index (κ3) is 4.55. The van der Waals surface area contributed by atoms with Gasteiger partial charge in [-0.05, 0) is 43.1 Å². The number of carbonyl (C=O) groups excluding carboxylic acids is 1. The van der Waals surface area contributed by atoms with Gasteiger partial charge in [0.2, 0.25) is 0 Å². The lowest BCUT2D eigenvalue weighted by Crippen LogP contribution is -2.31. The maximum Gasteiger partial charge on any atom is 0.260 e. The number of pyridine rings is 1. The van der Waals surface area contributed by atoms with Crippen molar-refractivity contribution in [2.24, 2.45) is 16.4 Å². The molecule has 0 bridgehead atoms. The van der Waals surface area contributed by atoms with E-state index in [-0.39, 0.29) is 18.0 Å². The van der Waals surface area contributed by atoms with Crippen molar-refractivity contribution in [1.82, 2.24) is 9.99 Å². The van der Waals surface area contributed by atoms with Gasteiger partial charge in [0.05, 0.1) is 0 Å². The van der Waals surface area contributed by atoms with Crippen LogP contribution < -0.4 is 11.0 Å². The SMILES string of the molecule is CC(C)(C)C1CCC(=NNC(=O)Cn2ccccc2=O)CC1. The molecule has 120 valence electrons. The number of rotatable bonds is 3. The summed E-state index contributed by atoms with van der Waals surface area (Å²) in [5.41, 5.74) is 3.77. The van der Waals surface area contributed by atoms with Crippen LogP contribution in [-0.4, -0.2) is 16.2 Å². The van der Waals surface area contributed by atoms with Gasteiger partial charge in [-0.15, -0.1) is 0 Å². The van der Waals surface area contributed by atoms with Crippen LogP contribution in [0.25, 0.3) is 0 Å². The van der Waals surface area contributed by atoms with Gasteiger partial charge in [0.15, 0.2) is 0 Å². The molecule has 1 saturated carbocycles. The molecule has 0 aromatic carbocycles. The van der Waals surface area contributed by atoms with Crippen molar-refractivity contribution in [3.05, 3.63) is 34.7 Å². The minimum atomic E-state index is -0.265. The predicted octanol–water partition coefficient (Wildman–Crippen LogP) is 2.56. The highest BCUT2D eigenvalue weighted by molar-refractivity contribution is 5.86. The molecule has 5 nitrogen and oxygen atoms in total. The zero-order valence-corrected chi connectivity index (χ0v) is 13.6. The number of amides is 1. The standard InChI is InChI=1S/C17H25N3O2/c1-17(2,3)13-7-9-14(10-8-13)18-19-15(21)12-20-11-5-4-6-16(20)22/h4-6,11,13H,7-10,12H2,1-3H3,(H,19,21). The van der Waals surface area contributed by atoms with E-state index in [9.17, 15) is 9.59 Å². The first-order chi connectivity index (χ1) is 10.4. The van der Waals surface area contributed by atoms with Gasteiger partial charge in [-0.25, -0.2) is 5.43 Å². The molecule has 0 unspecified atom stereocenters. The van der Waals surface area contributed by atoms with E-state index in [1.807, 2.05) is 0 Å². The number of nitrogens with one attached hydrogen (secondary N) is 1. The Morgan fingerprint density at radius 3 is 2.59 bits per heavy atom. The first kappa shape index (κ1) is 16.5. The van der Waals surface area contributed by atoms with Crippen molar-refractivity contribution in [3.8, 4) is 0 Å². The average Bonchev–Trinajstić information content (AvgIpc) is 2.47. The van der Waals surface area contributed by atoms with Gasteiger partial charge in [-0.1, -0.05) is 26.8 Å². The van der Waals surface area contributed by atoms with E-state index in [1.54, 1.807) is 18.3 Å². The lowest BCUT2D eigenvalue weighted by Gasteiger charge is -2.34. The monoisotopic (exact) mass is 303 g/mol. The smallest absolute Gasteiger partial charge is 0.260 e. The van der Waals surface area contributed by atoms with Crippen LogP contribution in [0.3, 0.4) is 0 Å². The average molecular weight is 303 g/mol. The fraction of sp³-hybridized carbons (Fsp3) is 0.588. The summed E-state index contributed by atoms with van der Waals surface area (Å²) in [5, 5.41) is 4.23. The third-order valence-corrected chi connectivity index (χ3v) is 4.34. The molecule has 0 atom stereocenters. The lowest BCUT2D eigenvalue weighted by molar-refractivity contribution is -0.121. The fourth-order valence-corrected chi connectivity index (χ4v) is 2.85. The summed E-state index contributed by atoms with van der Waals surface area (Å²) in [6, 6.07) is 4.83. The molecule has 1 aromatic heterocycles. The van der Waals surface area contributed by atoms with E-state index in [0.717, 1.165) is 31.4 Å². The normalized spacial score (nSPS) is 18.9. The van der Waals surface area contributed by atoms with Gasteiger partial charge in [0.25, 0.3) is 11.5 Å². The summed E-state index contributed by atoms with van der Waals surface area (Å²) in [6.07, 6.45) is 5.72. The quantitative estimate of drug-likeness (QED) is 0.872. The number of hydrazone groups is 1. The molecule has 1 aliphatic rings. The second-order valence-electron chi connectivity index (χ2n) is 7.02. The number of hydrogen-bond donors (Lipinski definition) is 1. The lowest BCUT2D eigenvalue weighted by atomic mass is 9.72. The van der Waals surface area contributed by atoms with Crippen molar-refractivity contribution in [3.63, 3.8) is 0 Å². The van der Waals surface area contributed by atoms with Crippen LogP contribution in [0, 0.1) is 11.3 Å². The van der Waals surface area contributed by atoms with Crippen LogP contribution in [0.4, 0.5) is 0 Å². The molecule has 1 heterocycles. The molecule has 5 heteroatoms. The molecule has 2 rings (SSSR count). The van der Waals surface area contributed by atoms with Gasteiger partial charge in [0.1, 0.15) is 6.54 Å². The summed E-state index contributed by atoms with van der Waals surface area (Å²) in [6.45, 7) is 6.83. The molecule has 1 aliphatic carbocycles. The van der Waals surface area contributed by atoms with Gasteiger partial charge >= 0.3 is 0 Å². The minimum Gasteiger partial charge on any atom is -0.306 e. The summed E-state index contributed by atoms with van der Waals surface area (Å²) < 4.78 is 1.37. The van der Waals surface area contributed by atoms with Crippen LogP contribution in [-0.2, 0) is 11.3 Å². The molecule has 1 fully saturated rings. The fourth-order valence-electron chi connectivity index (χ4n) is 2.85. The number of aromatic nitrogens is 1. The van der Waals surface area contributed by atoms with E-state index < -0.39 is 0 Å². The Morgan fingerprint density at radius 2 is 2.00 bits per heavy atom. The summed E-state index contributed by atoms with van der Waals surface area (Å²) in [5.74, 6) is 0.448. The molecule has 0 radical (unpaired) electrons. The summed E-state index contributed by atoms with van der Waals surface area (Å²) >= 11 is 0. The predicted molar refractivity (Wildman–Crippen MR) is 87.7 cm³/mol. The van der Waals surface area contributed by atoms with Crippen molar-refractivity contribution >= 4 is 11.6 Å². The van der Waals surface area contributed by atoms with Crippen molar-refractivity contribution in [2.75, 3.05) is 0 Å². The van der Waals surface area contributed by atoms with E-state index in [2.05, 4.69) is 31.3 Å². The van der Waals surface area contributed by atoms with Crippen LogP contribution in [0.2, 0.25) is 0 Å². The zero-order chi connectivity index (χ0) is 16.2. The Hall–Kier alpha value is -1.91. The van der Waals surface area contributed by atoms with Crippen molar-refractivity contribution in [2.45, 2.75) is 53.0 Å². The molecule has 0 saturated heterocycles. The van der Waals surface area contributed by atoms with Crippen LogP contribution in [0.5, 0.6) is 0 Å². The Bertz CT molecular complexity index is 601. The molecule has 22 heavy (non-hydrogen) atoms. The van der Waals surface area contributed by atoms with Crippen LogP contribution in [0.15, 0.2) is 34.3 Å². The molecular weight excluding hydrogens is 278 g/mol. The summed E-state index contributed by atoms with van der Waals surface area (Å²) in [7, 11) is 0. The topological polar surface area (TPSA) is 63.5 Å². The summed E-state index contributed by atoms with van der Waals surface area (Å²) in [4.78, 5) is 23.4. The second-order valence-corrected chi connectivity index (χ2v) is 7.02. The maximum atomic E-state index is 11.9. The van der Waals surface area contributed by atoms with Crippen LogP contribution >= 0.6 is 0 Å². The van der Waals surface area contributed by atoms with E-state index in [4.69, 9.17) is 0 Å². The van der Waals surface area contributed by atoms with E-state index in [1.165, 1.54) is 10.6 Å². The molecule has 1 N–H and O–H groups in total. The zero-order valence-electron chi connectivity index (χ0n) is 13.6. The molecule has 0 aliphatic heterocycles. The molecule has 0 spiro atoms. The van der Waals surface area contributed by atoms with Crippen molar-refractivity contribution < 1.29 is 4.79 Å². The van der Waals surface area contributed by atoms with Gasteiger partial charge < -0.3 is 4.57 Å². The molecule has 1 amide bonds. The number of carbonyl (C=O) groups is 1. The Kier molecular flexibility index (Phi) is 5.16. The van der Waals surface area contributed by atoms with E-state index in [0.29, 0.717) is 11.3 Å². The maximum absolute atomic E-state index is 11.9. The Balaban J connectivity index is 1.84. The van der Waals surface area contributed by atoms with Crippen LogP contribution in [0.1, 0.15) is 46.5 Å². The number of hydrogen-bond acceptors (Lipinski definition) is 3. The largest absolute Gasteiger partial charge is 0.306 e. The highest BCUT2D eigenvalue weighted by Gasteiger charge is 2.28. The first-order valence-corrected chi connectivity index (χ1v) is 7.86. The van der Waals surface area contributed by atoms with E-state index >= 15 is 0 Å². The Morgan fingerprint density at radius 1 is 1.32 bits per heavy atom. The molecular formula is C17H25N3O2. The Labute approximate surface area is 131 Å². The highest BCUT2D eigenvalue weighted by Crippen LogP contribution is 2.36. The minimum absolute atomic E-state index is 0.00106. The van der Waals surface area contributed by atoms with Gasteiger partial charge in [0, 0.05) is 18.0 Å². The number of nitrogens with zero attached hydrogens (tertiary/aromatic N) is 2. The highest BCUT2D eigenvalue weighted by atomic mass is 16.2. The van der Waals surface area contributed by atoms with Gasteiger partial charge in [-0.2, -0.15) is 5.10 Å². The first-order valence-electron chi connectivity index (χ1n) is 7.86. The van der Waals surface area contributed by atoms with Crippen molar-refractivity contribution in [1.29, 1.82) is 0 Å². The second kappa shape index (κ2) is 6.90. The molecule has 1 aromatic rings. The third-order valence-electron chi connectivity index (χ3n) is 4.34.